The van der Waals surface area contributed by atoms with Gasteiger partial charge in [-0.2, -0.15) is 0 Å². The van der Waals surface area contributed by atoms with Gasteiger partial charge in [0.1, 0.15) is 9.84 Å². The smallest absolute Gasteiger partial charge is 0.247 e. The second-order valence-electron chi connectivity index (χ2n) is 7.44. The summed E-state index contributed by atoms with van der Waals surface area (Å²) in [5.41, 5.74) is 2.11. The standard InChI is InChI=1S/C20H28N2O4S/c1-16(15-27(2,24)25)22(19-8-9-19)20(23)10-5-17-3-6-18(7-4-17)21-11-13-26-14-12-21/h3-7,10,16,19H,8-9,11-15H2,1-2H3. The summed E-state index contributed by atoms with van der Waals surface area (Å²) in [7, 11) is -3.12. The van der Waals surface area contributed by atoms with Crippen LogP contribution in [0.15, 0.2) is 30.3 Å². The Kier molecular flexibility index (Phi) is 6.22. The number of morpholine rings is 1. The summed E-state index contributed by atoms with van der Waals surface area (Å²) in [5.74, 6) is -0.122. The summed E-state index contributed by atoms with van der Waals surface area (Å²) in [6, 6.07) is 7.96. The zero-order valence-corrected chi connectivity index (χ0v) is 16.8. The Morgan fingerprint density at radius 2 is 1.89 bits per heavy atom. The van der Waals surface area contributed by atoms with Crippen molar-refractivity contribution in [3.8, 4) is 0 Å². The van der Waals surface area contributed by atoms with Crippen molar-refractivity contribution >= 4 is 27.5 Å². The molecule has 148 valence electrons. The molecule has 0 N–H and O–H groups in total. The van der Waals surface area contributed by atoms with Gasteiger partial charge in [0.25, 0.3) is 0 Å². The number of amides is 1. The van der Waals surface area contributed by atoms with Crippen molar-refractivity contribution in [1.82, 2.24) is 4.90 Å². The number of benzene rings is 1. The summed E-state index contributed by atoms with van der Waals surface area (Å²) < 4.78 is 28.5. The highest BCUT2D eigenvalue weighted by atomic mass is 32.2. The molecule has 1 unspecified atom stereocenters. The molecule has 1 aromatic rings. The van der Waals surface area contributed by atoms with E-state index in [-0.39, 0.29) is 23.7 Å². The van der Waals surface area contributed by atoms with E-state index < -0.39 is 9.84 Å². The molecule has 1 saturated heterocycles. The minimum Gasteiger partial charge on any atom is -0.378 e. The van der Waals surface area contributed by atoms with Crippen molar-refractivity contribution in [2.45, 2.75) is 31.8 Å². The fourth-order valence-electron chi connectivity index (χ4n) is 3.50. The van der Waals surface area contributed by atoms with E-state index in [9.17, 15) is 13.2 Å². The number of carbonyl (C=O) groups is 1. The number of hydrogen-bond donors (Lipinski definition) is 0. The lowest BCUT2D eigenvalue weighted by Gasteiger charge is -2.29. The number of nitrogens with zero attached hydrogens (tertiary/aromatic N) is 2. The van der Waals surface area contributed by atoms with E-state index in [4.69, 9.17) is 4.74 Å². The van der Waals surface area contributed by atoms with Crippen molar-refractivity contribution in [1.29, 1.82) is 0 Å². The van der Waals surface area contributed by atoms with Gasteiger partial charge in [0.2, 0.25) is 5.91 Å². The number of hydrogen-bond acceptors (Lipinski definition) is 5. The number of carbonyl (C=O) groups excluding carboxylic acids is 1. The highest BCUT2D eigenvalue weighted by molar-refractivity contribution is 7.90. The Morgan fingerprint density at radius 1 is 1.26 bits per heavy atom. The van der Waals surface area contributed by atoms with E-state index in [1.165, 1.54) is 6.26 Å². The third-order valence-electron chi connectivity index (χ3n) is 4.90. The van der Waals surface area contributed by atoms with Crippen LogP contribution in [0.3, 0.4) is 0 Å². The van der Waals surface area contributed by atoms with Crippen molar-refractivity contribution in [3.63, 3.8) is 0 Å². The van der Waals surface area contributed by atoms with Crippen LogP contribution in [0.5, 0.6) is 0 Å². The largest absolute Gasteiger partial charge is 0.378 e. The highest BCUT2D eigenvalue weighted by Gasteiger charge is 2.35. The Hall–Kier alpha value is -1.86. The zero-order valence-electron chi connectivity index (χ0n) is 16.0. The molecule has 6 nitrogen and oxygen atoms in total. The summed E-state index contributed by atoms with van der Waals surface area (Å²) in [4.78, 5) is 16.7. The number of sulfone groups is 1. The molecule has 1 aliphatic carbocycles. The van der Waals surface area contributed by atoms with Crippen LogP contribution in [-0.4, -0.2) is 69.6 Å². The van der Waals surface area contributed by atoms with E-state index in [2.05, 4.69) is 17.0 Å². The molecule has 1 atom stereocenters. The molecule has 2 fully saturated rings. The normalized spacial score (nSPS) is 19.3. The van der Waals surface area contributed by atoms with Gasteiger partial charge in [-0.1, -0.05) is 12.1 Å². The minimum atomic E-state index is -3.12. The number of anilines is 1. The first-order valence-corrected chi connectivity index (χ1v) is 11.5. The summed E-state index contributed by atoms with van der Waals surface area (Å²) in [5, 5.41) is 0. The molecular weight excluding hydrogens is 364 g/mol. The first-order chi connectivity index (χ1) is 12.8. The van der Waals surface area contributed by atoms with E-state index in [0.29, 0.717) is 0 Å². The molecule has 0 radical (unpaired) electrons. The Bertz CT molecular complexity index is 779. The van der Waals surface area contributed by atoms with Crippen LogP contribution < -0.4 is 4.90 Å². The maximum atomic E-state index is 12.7. The topological polar surface area (TPSA) is 66.9 Å². The molecule has 1 heterocycles. The number of ether oxygens (including phenoxy) is 1. The Morgan fingerprint density at radius 3 is 2.44 bits per heavy atom. The molecule has 7 heteroatoms. The second-order valence-corrected chi connectivity index (χ2v) is 9.63. The van der Waals surface area contributed by atoms with Crippen LogP contribution in [0.1, 0.15) is 25.3 Å². The van der Waals surface area contributed by atoms with Gasteiger partial charge in [0.05, 0.1) is 19.0 Å². The molecule has 0 aromatic heterocycles. The first kappa shape index (κ1) is 19.9. The Labute approximate surface area is 161 Å². The molecule has 1 saturated carbocycles. The molecule has 2 aliphatic rings. The van der Waals surface area contributed by atoms with Crippen molar-refractivity contribution in [2.24, 2.45) is 0 Å². The molecule has 0 bridgehead atoms. The van der Waals surface area contributed by atoms with Gasteiger partial charge >= 0.3 is 0 Å². The van der Waals surface area contributed by atoms with Gasteiger partial charge in [-0.05, 0) is 43.5 Å². The van der Waals surface area contributed by atoms with Crippen molar-refractivity contribution in [3.05, 3.63) is 35.9 Å². The third kappa shape index (κ3) is 5.81. The van der Waals surface area contributed by atoms with Crippen LogP contribution in [0, 0.1) is 0 Å². The predicted molar refractivity (Wildman–Crippen MR) is 108 cm³/mol. The first-order valence-electron chi connectivity index (χ1n) is 9.44. The molecule has 1 aromatic carbocycles. The SMILES string of the molecule is CC(CS(C)(=O)=O)N(C(=O)C=Cc1ccc(N2CCOCC2)cc1)C1CC1. The van der Waals surface area contributed by atoms with E-state index in [0.717, 1.165) is 50.4 Å². The monoisotopic (exact) mass is 392 g/mol. The highest BCUT2D eigenvalue weighted by Crippen LogP contribution is 2.29. The van der Waals surface area contributed by atoms with Gasteiger partial charge < -0.3 is 14.5 Å². The predicted octanol–water partition coefficient (Wildman–Crippen LogP) is 1.96. The lowest BCUT2D eigenvalue weighted by molar-refractivity contribution is -0.128. The van der Waals surface area contributed by atoms with Crippen LogP contribution >= 0.6 is 0 Å². The van der Waals surface area contributed by atoms with E-state index in [1.54, 1.807) is 17.1 Å². The summed E-state index contributed by atoms with van der Waals surface area (Å²) >= 11 is 0. The van der Waals surface area contributed by atoms with Gasteiger partial charge in [-0.25, -0.2) is 8.42 Å². The summed E-state index contributed by atoms with van der Waals surface area (Å²) in [6.07, 6.45) is 6.46. The lowest BCUT2D eigenvalue weighted by Crippen LogP contribution is -2.43. The maximum Gasteiger partial charge on any atom is 0.247 e. The Balaban J connectivity index is 1.63. The van der Waals surface area contributed by atoms with Crippen molar-refractivity contribution in [2.75, 3.05) is 43.2 Å². The van der Waals surface area contributed by atoms with Crippen LogP contribution in [-0.2, 0) is 19.4 Å². The third-order valence-corrected chi connectivity index (χ3v) is 5.99. The molecular formula is C20H28N2O4S. The minimum absolute atomic E-state index is 0.00265. The molecule has 0 spiro atoms. The van der Waals surface area contributed by atoms with E-state index >= 15 is 0 Å². The maximum absolute atomic E-state index is 12.7. The quantitative estimate of drug-likeness (QED) is 0.664. The fourth-order valence-corrected chi connectivity index (χ4v) is 4.54. The molecule has 27 heavy (non-hydrogen) atoms. The fraction of sp³-hybridized carbons (Fsp3) is 0.550. The molecule has 1 amide bonds. The van der Waals surface area contributed by atoms with Gasteiger partial charge in [0.15, 0.2) is 0 Å². The van der Waals surface area contributed by atoms with Crippen LogP contribution in [0.4, 0.5) is 5.69 Å². The van der Waals surface area contributed by atoms with Gasteiger partial charge in [-0.3, -0.25) is 4.79 Å². The average Bonchev–Trinajstić information content (AvgIpc) is 3.45. The average molecular weight is 393 g/mol. The van der Waals surface area contributed by atoms with Crippen LogP contribution in [0.25, 0.3) is 6.08 Å². The lowest BCUT2D eigenvalue weighted by atomic mass is 10.1. The van der Waals surface area contributed by atoms with Crippen LogP contribution in [0.2, 0.25) is 0 Å². The molecule has 1 aliphatic heterocycles. The summed E-state index contributed by atoms with van der Waals surface area (Å²) in [6.45, 7) is 5.09. The second kappa shape index (κ2) is 8.44. The van der Waals surface area contributed by atoms with Gasteiger partial charge in [0, 0.05) is 43.2 Å². The zero-order chi connectivity index (χ0) is 19.4. The van der Waals surface area contributed by atoms with E-state index in [1.807, 2.05) is 19.1 Å². The number of rotatable bonds is 7. The van der Waals surface area contributed by atoms with Crippen molar-refractivity contribution < 1.29 is 17.9 Å². The molecule has 3 rings (SSSR count). The van der Waals surface area contributed by atoms with Gasteiger partial charge in [-0.15, -0.1) is 0 Å².